The zero-order chi connectivity index (χ0) is 12.5. The minimum absolute atomic E-state index is 0.780. The Morgan fingerprint density at radius 3 is 2.72 bits per heavy atom. The predicted molar refractivity (Wildman–Crippen MR) is 75.8 cm³/mol. The van der Waals surface area contributed by atoms with Crippen molar-refractivity contribution in [3.8, 4) is 0 Å². The molecular formula is C15H29N3. The van der Waals surface area contributed by atoms with E-state index >= 15 is 0 Å². The van der Waals surface area contributed by atoms with Crippen molar-refractivity contribution < 1.29 is 0 Å². The van der Waals surface area contributed by atoms with Crippen LogP contribution in [0.4, 0.5) is 0 Å². The van der Waals surface area contributed by atoms with Crippen molar-refractivity contribution in [1.82, 2.24) is 15.1 Å². The fourth-order valence-electron chi connectivity index (χ4n) is 4.40. The van der Waals surface area contributed by atoms with Gasteiger partial charge in [-0.3, -0.25) is 0 Å². The lowest BCUT2D eigenvalue weighted by molar-refractivity contribution is 0.130. The van der Waals surface area contributed by atoms with Crippen LogP contribution in [0.1, 0.15) is 32.1 Å². The van der Waals surface area contributed by atoms with E-state index in [9.17, 15) is 0 Å². The normalized spacial score (nSPS) is 38.5. The monoisotopic (exact) mass is 251 g/mol. The molecule has 2 saturated heterocycles. The highest BCUT2D eigenvalue weighted by atomic mass is 15.2. The molecule has 3 heteroatoms. The van der Waals surface area contributed by atoms with Crippen LogP contribution in [0.3, 0.4) is 0 Å². The molecule has 18 heavy (non-hydrogen) atoms. The van der Waals surface area contributed by atoms with Gasteiger partial charge >= 0.3 is 0 Å². The summed E-state index contributed by atoms with van der Waals surface area (Å²) in [6.45, 7) is 5.12. The predicted octanol–water partition coefficient (Wildman–Crippen LogP) is 1.40. The van der Waals surface area contributed by atoms with E-state index in [2.05, 4.69) is 29.2 Å². The van der Waals surface area contributed by atoms with Crippen LogP contribution in [0, 0.1) is 11.8 Å². The summed E-state index contributed by atoms with van der Waals surface area (Å²) in [5, 5.41) is 3.79. The molecule has 1 N–H and O–H groups in total. The number of hydrogen-bond acceptors (Lipinski definition) is 3. The smallest absolute Gasteiger partial charge is 0.0226 e. The second kappa shape index (κ2) is 5.48. The average Bonchev–Trinajstić information content (AvgIpc) is 2.95. The fraction of sp³-hybridized carbons (Fsp3) is 1.00. The maximum absolute atomic E-state index is 3.79. The Bertz CT molecular complexity index is 273. The number of nitrogens with zero attached hydrogens (tertiary/aromatic N) is 2. The van der Waals surface area contributed by atoms with E-state index < -0.39 is 0 Å². The molecule has 0 radical (unpaired) electrons. The van der Waals surface area contributed by atoms with Crippen LogP contribution >= 0.6 is 0 Å². The summed E-state index contributed by atoms with van der Waals surface area (Å²) in [5.41, 5.74) is 0. The molecule has 0 amide bonds. The molecule has 104 valence electrons. The maximum atomic E-state index is 3.79. The van der Waals surface area contributed by atoms with Gasteiger partial charge in [0.05, 0.1) is 0 Å². The van der Waals surface area contributed by atoms with Crippen LogP contribution in [0.15, 0.2) is 0 Å². The summed E-state index contributed by atoms with van der Waals surface area (Å²) in [7, 11) is 4.60. The highest BCUT2D eigenvalue weighted by Crippen LogP contribution is 2.38. The van der Waals surface area contributed by atoms with Crippen molar-refractivity contribution in [1.29, 1.82) is 0 Å². The minimum atomic E-state index is 0.780. The van der Waals surface area contributed by atoms with Gasteiger partial charge in [0, 0.05) is 18.6 Å². The quantitative estimate of drug-likeness (QED) is 0.818. The Morgan fingerprint density at radius 2 is 1.94 bits per heavy atom. The summed E-state index contributed by atoms with van der Waals surface area (Å²) >= 11 is 0. The number of fused-ring (bicyclic) bond motifs is 1. The van der Waals surface area contributed by atoms with Gasteiger partial charge < -0.3 is 15.1 Å². The maximum Gasteiger partial charge on any atom is 0.0226 e. The number of hydrogen-bond donors (Lipinski definition) is 1. The first kappa shape index (κ1) is 12.9. The second-order valence-electron chi connectivity index (χ2n) is 6.84. The summed E-state index contributed by atoms with van der Waals surface area (Å²) < 4.78 is 0. The molecule has 3 rings (SSSR count). The van der Waals surface area contributed by atoms with Crippen LogP contribution in [0.5, 0.6) is 0 Å². The Hall–Kier alpha value is -0.120. The number of nitrogens with one attached hydrogen (secondary N) is 1. The molecule has 2 heterocycles. The number of likely N-dealkylation sites (tertiary alicyclic amines) is 1. The molecule has 1 aliphatic carbocycles. The zero-order valence-corrected chi connectivity index (χ0v) is 12.1. The lowest BCUT2D eigenvalue weighted by Gasteiger charge is -2.37. The molecule has 3 aliphatic rings. The lowest BCUT2D eigenvalue weighted by Crippen LogP contribution is -2.47. The van der Waals surface area contributed by atoms with Crippen molar-refractivity contribution in [3.63, 3.8) is 0 Å². The highest BCUT2D eigenvalue weighted by molar-refractivity contribution is 4.95. The standard InChI is InChI=1S/C15H29N3/c1-17-8-6-13(7-9-17)18(2)11-15-14-5-3-4-12(14)10-16-15/h12-16H,3-11H2,1-2H3. The summed E-state index contributed by atoms with van der Waals surface area (Å²) in [6.07, 6.45) is 7.14. The van der Waals surface area contributed by atoms with Crippen LogP contribution in [0.2, 0.25) is 0 Å². The van der Waals surface area contributed by atoms with E-state index in [-0.39, 0.29) is 0 Å². The van der Waals surface area contributed by atoms with E-state index in [1.165, 1.54) is 58.3 Å². The third kappa shape index (κ3) is 2.59. The number of piperidine rings is 1. The highest BCUT2D eigenvalue weighted by Gasteiger charge is 2.39. The Morgan fingerprint density at radius 1 is 1.17 bits per heavy atom. The van der Waals surface area contributed by atoms with Gasteiger partial charge in [-0.05, 0) is 71.2 Å². The van der Waals surface area contributed by atoms with E-state index in [0.29, 0.717) is 0 Å². The fourth-order valence-corrected chi connectivity index (χ4v) is 4.40. The van der Waals surface area contributed by atoms with E-state index in [4.69, 9.17) is 0 Å². The van der Waals surface area contributed by atoms with Crippen LogP contribution in [-0.4, -0.2) is 62.2 Å². The average molecular weight is 251 g/mol. The van der Waals surface area contributed by atoms with Crippen LogP contribution < -0.4 is 5.32 Å². The first-order valence-electron chi connectivity index (χ1n) is 7.86. The topological polar surface area (TPSA) is 18.5 Å². The third-order valence-electron chi connectivity index (χ3n) is 5.67. The molecule has 0 aromatic heterocycles. The van der Waals surface area contributed by atoms with Crippen LogP contribution in [0.25, 0.3) is 0 Å². The lowest BCUT2D eigenvalue weighted by atomic mass is 9.93. The van der Waals surface area contributed by atoms with Gasteiger partial charge in [0.25, 0.3) is 0 Å². The van der Waals surface area contributed by atoms with Gasteiger partial charge in [0.2, 0.25) is 0 Å². The second-order valence-corrected chi connectivity index (χ2v) is 6.84. The molecule has 3 fully saturated rings. The van der Waals surface area contributed by atoms with E-state index in [1.807, 2.05) is 0 Å². The van der Waals surface area contributed by atoms with Crippen LogP contribution in [-0.2, 0) is 0 Å². The van der Waals surface area contributed by atoms with Crippen molar-refractivity contribution in [2.75, 3.05) is 40.3 Å². The van der Waals surface area contributed by atoms with E-state index in [1.54, 1.807) is 0 Å². The Labute approximate surface area is 112 Å². The minimum Gasteiger partial charge on any atom is -0.312 e. The van der Waals surface area contributed by atoms with Gasteiger partial charge in [0.15, 0.2) is 0 Å². The summed E-state index contributed by atoms with van der Waals surface area (Å²) in [5.74, 6) is 1.99. The zero-order valence-electron chi connectivity index (χ0n) is 12.1. The Kier molecular flexibility index (Phi) is 3.92. The SMILES string of the molecule is CN1CCC(N(C)CC2NCC3CCCC32)CC1. The molecule has 3 nitrogen and oxygen atoms in total. The van der Waals surface area contributed by atoms with Crippen molar-refractivity contribution in [3.05, 3.63) is 0 Å². The molecule has 2 aliphatic heterocycles. The van der Waals surface area contributed by atoms with Gasteiger partial charge in [-0.15, -0.1) is 0 Å². The van der Waals surface area contributed by atoms with Crippen molar-refractivity contribution in [2.45, 2.75) is 44.2 Å². The third-order valence-corrected chi connectivity index (χ3v) is 5.67. The first-order chi connectivity index (χ1) is 8.74. The number of rotatable bonds is 3. The molecule has 0 spiro atoms. The summed E-state index contributed by atoms with van der Waals surface area (Å²) in [6, 6.07) is 1.60. The largest absolute Gasteiger partial charge is 0.312 e. The van der Waals surface area contributed by atoms with Crippen molar-refractivity contribution >= 4 is 0 Å². The summed E-state index contributed by atoms with van der Waals surface area (Å²) in [4.78, 5) is 5.11. The number of likely N-dealkylation sites (N-methyl/N-ethyl adjacent to an activating group) is 1. The molecule has 1 saturated carbocycles. The first-order valence-corrected chi connectivity index (χ1v) is 7.86. The van der Waals surface area contributed by atoms with Gasteiger partial charge in [-0.1, -0.05) is 6.42 Å². The van der Waals surface area contributed by atoms with Gasteiger partial charge in [-0.2, -0.15) is 0 Å². The molecule has 0 aromatic rings. The Balaban J connectivity index is 1.50. The molecule has 3 atom stereocenters. The molecule has 3 unspecified atom stereocenters. The molecule has 0 bridgehead atoms. The molecular weight excluding hydrogens is 222 g/mol. The van der Waals surface area contributed by atoms with Gasteiger partial charge in [-0.25, -0.2) is 0 Å². The van der Waals surface area contributed by atoms with Crippen molar-refractivity contribution in [2.24, 2.45) is 11.8 Å². The van der Waals surface area contributed by atoms with Gasteiger partial charge in [0.1, 0.15) is 0 Å². The molecule has 0 aromatic carbocycles. The van der Waals surface area contributed by atoms with E-state index in [0.717, 1.165) is 23.9 Å².